The molecule has 0 aromatic heterocycles. The molecule has 0 bridgehead atoms. The molecule has 4 nitrogen and oxygen atoms in total. The third-order valence-corrected chi connectivity index (χ3v) is 4.95. The SMILES string of the molecule is CCNC(=O)C(CC)N(Cc1ccc(F)cc1)C(=O)Cc1ccc(Cl)cc1Cl. The average Bonchev–Trinajstić information content (AvgIpc) is 2.65. The molecule has 0 saturated heterocycles. The Kier molecular flexibility index (Phi) is 8.27. The second-order valence-corrected chi connectivity index (χ2v) is 7.22. The molecule has 0 aliphatic heterocycles. The van der Waals surface area contributed by atoms with Crippen LogP contribution < -0.4 is 5.32 Å². The summed E-state index contributed by atoms with van der Waals surface area (Å²) in [4.78, 5) is 27.1. The predicted octanol–water partition coefficient (Wildman–Crippen LogP) is 4.62. The average molecular weight is 425 g/mol. The van der Waals surface area contributed by atoms with Gasteiger partial charge in [-0.15, -0.1) is 0 Å². The van der Waals surface area contributed by atoms with Crippen LogP contribution in [-0.4, -0.2) is 29.3 Å². The zero-order valence-corrected chi connectivity index (χ0v) is 17.4. The standard InChI is InChI=1S/C21H23Cl2FN2O2/c1-3-19(21(28)25-4-2)26(13-14-5-9-17(24)10-6-14)20(27)11-15-7-8-16(22)12-18(15)23/h5-10,12,19H,3-4,11,13H2,1-2H3,(H,25,28). The molecule has 2 rings (SSSR count). The summed E-state index contributed by atoms with van der Waals surface area (Å²) in [5.74, 6) is -0.820. The van der Waals surface area contributed by atoms with Crippen molar-refractivity contribution in [2.24, 2.45) is 0 Å². The summed E-state index contributed by atoms with van der Waals surface area (Å²) in [5, 5.41) is 3.65. The van der Waals surface area contributed by atoms with Crippen LogP contribution in [0.1, 0.15) is 31.4 Å². The Hall–Kier alpha value is -2.11. The van der Waals surface area contributed by atoms with Crippen LogP contribution in [-0.2, 0) is 22.6 Å². The highest BCUT2D eigenvalue weighted by molar-refractivity contribution is 6.35. The summed E-state index contributed by atoms with van der Waals surface area (Å²) in [7, 11) is 0. The molecule has 0 spiro atoms. The number of halogens is 3. The molecule has 1 atom stereocenters. The predicted molar refractivity (Wildman–Crippen MR) is 110 cm³/mol. The van der Waals surface area contributed by atoms with Crippen LogP contribution in [0.5, 0.6) is 0 Å². The van der Waals surface area contributed by atoms with E-state index in [9.17, 15) is 14.0 Å². The minimum Gasteiger partial charge on any atom is -0.355 e. The van der Waals surface area contributed by atoms with Gasteiger partial charge in [0.25, 0.3) is 0 Å². The lowest BCUT2D eigenvalue weighted by Gasteiger charge is -2.30. The van der Waals surface area contributed by atoms with Crippen molar-refractivity contribution in [3.63, 3.8) is 0 Å². The van der Waals surface area contributed by atoms with Crippen molar-refractivity contribution < 1.29 is 14.0 Å². The fourth-order valence-corrected chi connectivity index (χ4v) is 3.40. The van der Waals surface area contributed by atoms with E-state index >= 15 is 0 Å². The maximum Gasteiger partial charge on any atom is 0.242 e. The van der Waals surface area contributed by atoms with Crippen LogP contribution in [0.3, 0.4) is 0 Å². The molecule has 2 aromatic carbocycles. The Morgan fingerprint density at radius 3 is 2.36 bits per heavy atom. The largest absolute Gasteiger partial charge is 0.355 e. The number of hydrogen-bond donors (Lipinski definition) is 1. The number of benzene rings is 2. The first kappa shape index (κ1) is 22.2. The monoisotopic (exact) mass is 424 g/mol. The number of nitrogens with one attached hydrogen (secondary N) is 1. The van der Waals surface area contributed by atoms with Crippen LogP contribution in [0.4, 0.5) is 4.39 Å². The van der Waals surface area contributed by atoms with E-state index in [0.717, 1.165) is 5.56 Å². The van der Waals surface area contributed by atoms with Gasteiger partial charge in [-0.2, -0.15) is 0 Å². The van der Waals surface area contributed by atoms with Crippen molar-refractivity contribution in [3.05, 3.63) is 69.5 Å². The molecule has 1 N–H and O–H groups in total. The molecule has 2 amide bonds. The van der Waals surface area contributed by atoms with E-state index in [1.165, 1.54) is 17.0 Å². The molecule has 0 fully saturated rings. The Labute approximate surface area is 174 Å². The van der Waals surface area contributed by atoms with E-state index in [-0.39, 0.29) is 30.6 Å². The van der Waals surface area contributed by atoms with Crippen molar-refractivity contribution in [1.29, 1.82) is 0 Å². The highest BCUT2D eigenvalue weighted by Gasteiger charge is 2.28. The molecular formula is C21H23Cl2FN2O2. The normalized spacial score (nSPS) is 11.8. The molecule has 28 heavy (non-hydrogen) atoms. The summed E-state index contributed by atoms with van der Waals surface area (Å²) < 4.78 is 13.2. The first-order valence-electron chi connectivity index (χ1n) is 9.11. The minimum atomic E-state index is -0.636. The molecule has 7 heteroatoms. The summed E-state index contributed by atoms with van der Waals surface area (Å²) in [6.45, 7) is 4.33. The number of carbonyl (C=O) groups is 2. The fraction of sp³-hybridized carbons (Fsp3) is 0.333. The Morgan fingerprint density at radius 2 is 1.79 bits per heavy atom. The van der Waals surface area contributed by atoms with Gasteiger partial charge in [0.2, 0.25) is 11.8 Å². The third kappa shape index (κ3) is 5.94. The van der Waals surface area contributed by atoms with Gasteiger partial charge >= 0.3 is 0 Å². The number of rotatable bonds is 8. The molecule has 0 aliphatic rings. The van der Waals surface area contributed by atoms with E-state index in [1.807, 2.05) is 13.8 Å². The highest BCUT2D eigenvalue weighted by Crippen LogP contribution is 2.23. The van der Waals surface area contributed by atoms with Crippen molar-refractivity contribution in [2.75, 3.05) is 6.54 Å². The smallest absolute Gasteiger partial charge is 0.242 e. The van der Waals surface area contributed by atoms with Gasteiger partial charge in [0.15, 0.2) is 0 Å². The van der Waals surface area contributed by atoms with Crippen LogP contribution in [0.2, 0.25) is 10.0 Å². The van der Waals surface area contributed by atoms with Gasteiger partial charge in [-0.05, 0) is 48.7 Å². The maximum atomic E-state index is 13.2. The summed E-state index contributed by atoms with van der Waals surface area (Å²) >= 11 is 12.1. The van der Waals surface area contributed by atoms with Crippen molar-refractivity contribution >= 4 is 35.0 Å². The number of hydrogen-bond acceptors (Lipinski definition) is 2. The van der Waals surface area contributed by atoms with Gasteiger partial charge in [0, 0.05) is 23.1 Å². The van der Waals surface area contributed by atoms with E-state index in [0.29, 0.717) is 28.6 Å². The minimum absolute atomic E-state index is 0.0348. The lowest BCUT2D eigenvalue weighted by Crippen LogP contribution is -2.49. The van der Waals surface area contributed by atoms with Gasteiger partial charge < -0.3 is 10.2 Å². The lowest BCUT2D eigenvalue weighted by molar-refractivity contribution is -0.140. The molecule has 0 heterocycles. The second kappa shape index (κ2) is 10.4. The lowest BCUT2D eigenvalue weighted by atomic mass is 10.1. The van der Waals surface area contributed by atoms with Gasteiger partial charge in [-0.1, -0.05) is 48.3 Å². The van der Waals surface area contributed by atoms with Crippen LogP contribution in [0.25, 0.3) is 0 Å². The maximum absolute atomic E-state index is 13.2. The molecular weight excluding hydrogens is 402 g/mol. The van der Waals surface area contributed by atoms with E-state index < -0.39 is 6.04 Å². The summed E-state index contributed by atoms with van der Waals surface area (Å²) in [6, 6.07) is 10.2. The second-order valence-electron chi connectivity index (χ2n) is 6.38. The third-order valence-electron chi connectivity index (χ3n) is 4.36. The number of nitrogens with zero attached hydrogens (tertiary/aromatic N) is 1. The highest BCUT2D eigenvalue weighted by atomic mass is 35.5. The molecule has 0 saturated carbocycles. The van der Waals surface area contributed by atoms with Gasteiger partial charge in [0.1, 0.15) is 11.9 Å². The van der Waals surface area contributed by atoms with E-state index in [1.54, 1.807) is 30.3 Å². The quantitative estimate of drug-likeness (QED) is 0.671. The number of carbonyl (C=O) groups excluding carboxylic acids is 2. The fourth-order valence-electron chi connectivity index (χ4n) is 2.93. The molecule has 1 unspecified atom stereocenters. The molecule has 150 valence electrons. The van der Waals surface area contributed by atoms with Crippen LogP contribution >= 0.6 is 23.2 Å². The first-order chi connectivity index (χ1) is 13.3. The van der Waals surface area contributed by atoms with E-state index in [4.69, 9.17) is 23.2 Å². The Balaban J connectivity index is 2.30. The zero-order valence-electron chi connectivity index (χ0n) is 15.8. The summed E-state index contributed by atoms with van der Waals surface area (Å²) in [6.07, 6.45) is 0.486. The summed E-state index contributed by atoms with van der Waals surface area (Å²) in [5.41, 5.74) is 1.37. The van der Waals surface area contributed by atoms with Crippen molar-refractivity contribution in [2.45, 2.75) is 39.3 Å². The van der Waals surface area contributed by atoms with Crippen LogP contribution in [0, 0.1) is 5.82 Å². The Morgan fingerprint density at radius 1 is 1.11 bits per heavy atom. The molecule has 0 radical (unpaired) electrons. The number of likely N-dealkylation sites (N-methyl/N-ethyl adjacent to an activating group) is 1. The van der Waals surface area contributed by atoms with Crippen molar-refractivity contribution in [3.8, 4) is 0 Å². The van der Waals surface area contributed by atoms with Crippen LogP contribution in [0.15, 0.2) is 42.5 Å². The Bertz CT molecular complexity index is 828. The topological polar surface area (TPSA) is 49.4 Å². The van der Waals surface area contributed by atoms with Gasteiger partial charge in [-0.25, -0.2) is 4.39 Å². The number of amides is 2. The van der Waals surface area contributed by atoms with E-state index in [2.05, 4.69) is 5.32 Å². The van der Waals surface area contributed by atoms with Crippen molar-refractivity contribution in [1.82, 2.24) is 10.2 Å². The molecule has 2 aromatic rings. The van der Waals surface area contributed by atoms with Gasteiger partial charge in [-0.3, -0.25) is 9.59 Å². The first-order valence-corrected chi connectivity index (χ1v) is 9.86. The van der Waals surface area contributed by atoms with Gasteiger partial charge in [0.05, 0.1) is 6.42 Å². The zero-order chi connectivity index (χ0) is 20.7. The molecule has 0 aliphatic carbocycles.